The summed E-state index contributed by atoms with van der Waals surface area (Å²) < 4.78 is 6.99. The normalized spacial score (nSPS) is 13.1. The lowest BCUT2D eigenvalue weighted by molar-refractivity contribution is 0.412. The van der Waals surface area contributed by atoms with E-state index in [1.807, 2.05) is 29.7 Å². The fourth-order valence-electron chi connectivity index (χ4n) is 1.49. The summed E-state index contributed by atoms with van der Waals surface area (Å²) in [7, 11) is 1.62. The molecule has 5 heteroatoms. The number of ether oxygens (including phenoxy) is 1. The molecular weight excluding hydrogens is 214 g/mol. The van der Waals surface area contributed by atoms with Gasteiger partial charge in [0, 0.05) is 0 Å². The van der Waals surface area contributed by atoms with E-state index in [2.05, 4.69) is 4.98 Å². The van der Waals surface area contributed by atoms with Crippen molar-refractivity contribution in [2.75, 3.05) is 7.11 Å². The van der Waals surface area contributed by atoms with Gasteiger partial charge < -0.3 is 10.5 Å². The van der Waals surface area contributed by atoms with Crippen LogP contribution in [-0.2, 0) is 0 Å². The molecule has 0 saturated heterocycles. The van der Waals surface area contributed by atoms with E-state index >= 15 is 0 Å². The van der Waals surface area contributed by atoms with Crippen molar-refractivity contribution in [2.45, 2.75) is 13.0 Å². The van der Waals surface area contributed by atoms with Crippen LogP contribution in [0.25, 0.3) is 5.52 Å². The number of pyridine rings is 1. The Morgan fingerprint density at radius 3 is 2.87 bits per heavy atom. The first-order valence-corrected chi connectivity index (χ1v) is 4.98. The van der Waals surface area contributed by atoms with Crippen molar-refractivity contribution in [3.05, 3.63) is 29.3 Å². The second-order valence-electron chi connectivity index (χ2n) is 3.37. The predicted octanol–water partition coefficient (Wildman–Crippen LogP) is 2.02. The number of rotatable bonds is 2. The lowest BCUT2D eigenvalue weighted by atomic mass is 10.3. The minimum atomic E-state index is -0.169. The fraction of sp³-hybridized carbons (Fsp3) is 0.300. The van der Waals surface area contributed by atoms with Crippen molar-refractivity contribution in [1.82, 2.24) is 9.38 Å². The minimum absolute atomic E-state index is 0.169. The van der Waals surface area contributed by atoms with Gasteiger partial charge >= 0.3 is 0 Å². The molecule has 0 fully saturated rings. The second-order valence-corrected chi connectivity index (χ2v) is 3.73. The third-order valence-corrected chi connectivity index (χ3v) is 2.51. The Kier molecular flexibility index (Phi) is 2.54. The van der Waals surface area contributed by atoms with Crippen LogP contribution >= 0.6 is 11.6 Å². The summed E-state index contributed by atoms with van der Waals surface area (Å²) in [5.41, 5.74) is 6.64. The molecule has 0 spiro atoms. The number of nitrogens with zero attached hydrogens (tertiary/aromatic N) is 2. The van der Waals surface area contributed by atoms with Crippen molar-refractivity contribution >= 4 is 17.1 Å². The van der Waals surface area contributed by atoms with Crippen LogP contribution in [0.1, 0.15) is 18.8 Å². The quantitative estimate of drug-likeness (QED) is 0.851. The Morgan fingerprint density at radius 2 is 2.27 bits per heavy atom. The van der Waals surface area contributed by atoms with Crippen LogP contribution in [0, 0.1) is 0 Å². The Bertz CT molecular complexity index is 493. The Labute approximate surface area is 92.6 Å². The molecule has 0 aromatic carbocycles. The van der Waals surface area contributed by atoms with Gasteiger partial charge in [-0.25, -0.2) is 4.98 Å². The molecule has 0 aliphatic carbocycles. The molecule has 2 N–H and O–H groups in total. The SMILES string of the molecule is COc1ccc2c(Cl)nc(C(C)N)n2c1. The topological polar surface area (TPSA) is 52.5 Å². The summed E-state index contributed by atoms with van der Waals surface area (Å²) >= 11 is 5.99. The van der Waals surface area contributed by atoms with Crippen LogP contribution in [-0.4, -0.2) is 16.5 Å². The molecule has 15 heavy (non-hydrogen) atoms. The van der Waals surface area contributed by atoms with Crippen LogP contribution < -0.4 is 10.5 Å². The van der Waals surface area contributed by atoms with Gasteiger partial charge in [-0.05, 0) is 19.1 Å². The van der Waals surface area contributed by atoms with Gasteiger partial charge in [-0.3, -0.25) is 4.40 Å². The first-order chi connectivity index (χ1) is 7.13. The Morgan fingerprint density at radius 1 is 1.53 bits per heavy atom. The average Bonchev–Trinajstić information content (AvgIpc) is 2.56. The molecule has 2 heterocycles. The number of aromatic nitrogens is 2. The van der Waals surface area contributed by atoms with Crippen LogP contribution in [0.3, 0.4) is 0 Å². The van der Waals surface area contributed by atoms with Gasteiger partial charge in [0.05, 0.1) is 24.9 Å². The molecule has 1 unspecified atom stereocenters. The highest BCUT2D eigenvalue weighted by Crippen LogP contribution is 2.23. The summed E-state index contributed by atoms with van der Waals surface area (Å²) in [6.45, 7) is 1.87. The first-order valence-electron chi connectivity index (χ1n) is 4.60. The van der Waals surface area contributed by atoms with Gasteiger partial charge in [-0.15, -0.1) is 0 Å². The minimum Gasteiger partial charge on any atom is -0.495 e. The summed E-state index contributed by atoms with van der Waals surface area (Å²) in [6.07, 6.45) is 1.83. The third kappa shape index (κ3) is 1.66. The van der Waals surface area contributed by atoms with Gasteiger partial charge in [0.1, 0.15) is 11.6 Å². The summed E-state index contributed by atoms with van der Waals surface area (Å²) in [6, 6.07) is 3.53. The molecule has 0 aliphatic heterocycles. The van der Waals surface area contributed by atoms with Gasteiger partial charge in [0.15, 0.2) is 5.15 Å². The number of methoxy groups -OCH3 is 1. The van der Waals surface area contributed by atoms with Crippen LogP contribution in [0.15, 0.2) is 18.3 Å². The number of imidazole rings is 1. The maximum atomic E-state index is 5.99. The number of fused-ring (bicyclic) bond motifs is 1. The molecule has 1 atom stereocenters. The summed E-state index contributed by atoms with van der Waals surface area (Å²) in [4.78, 5) is 4.21. The van der Waals surface area contributed by atoms with Crippen molar-refractivity contribution in [3.8, 4) is 5.75 Å². The third-order valence-electron chi connectivity index (χ3n) is 2.24. The molecule has 2 rings (SSSR count). The number of nitrogens with two attached hydrogens (primary N) is 1. The highest BCUT2D eigenvalue weighted by atomic mass is 35.5. The largest absolute Gasteiger partial charge is 0.495 e. The Hall–Kier alpha value is -1.26. The molecule has 4 nitrogen and oxygen atoms in total. The lowest BCUT2D eigenvalue weighted by Crippen LogP contribution is -2.09. The fourth-order valence-corrected chi connectivity index (χ4v) is 1.73. The van der Waals surface area contributed by atoms with Gasteiger partial charge in [0.2, 0.25) is 0 Å². The van der Waals surface area contributed by atoms with E-state index in [1.54, 1.807) is 7.11 Å². The highest BCUT2D eigenvalue weighted by Gasteiger charge is 2.12. The standard InChI is InChI=1S/C10H12ClN3O/c1-6(12)10-13-9(11)8-4-3-7(15-2)5-14(8)10/h3-6H,12H2,1-2H3. The number of hydrogen-bond donors (Lipinski definition) is 1. The van der Waals surface area contributed by atoms with Crippen LogP contribution in [0.2, 0.25) is 5.15 Å². The lowest BCUT2D eigenvalue weighted by Gasteiger charge is -2.05. The van der Waals surface area contributed by atoms with Crippen LogP contribution in [0.4, 0.5) is 0 Å². The Balaban J connectivity index is 2.71. The van der Waals surface area contributed by atoms with E-state index in [-0.39, 0.29) is 6.04 Å². The van der Waals surface area contributed by atoms with Crippen molar-refractivity contribution < 1.29 is 4.74 Å². The van der Waals surface area contributed by atoms with Crippen molar-refractivity contribution in [3.63, 3.8) is 0 Å². The van der Waals surface area contributed by atoms with Crippen molar-refractivity contribution in [1.29, 1.82) is 0 Å². The van der Waals surface area contributed by atoms with Crippen LogP contribution in [0.5, 0.6) is 5.75 Å². The molecule has 2 aromatic heterocycles. The monoisotopic (exact) mass is 225 g/mol. The van der Waals surface area contributed by atoms with Gasteiger partial charge in [-0.2, -0.15) is 0 Å². The van der Waals surface area contributed by atoms with Gasteiger partial charge in [0.25, 0.3) is 0 Å². The smallest absolute Gasteiger partial charge is 0.155 e. The van der Waals surface area contributed by atoms with E-state index in [9.17, 15) is 0 Å². The van der Waals surface area contributed by atoms with Gasteiger partial charge in [-0.1, -0.05) is 11.6 Å². The highest BCUT2D eigenvalue weighted by molar-refractivity contribution is 6.32. The average molecular weight is 226 g/mol. The molecular formula is C10H12ClN3O. The second kappa shape index (κ2) is 3.72. The number of hydrogen-bond acceptors (Lipinski definition) is 3. The molecule has 0 aliphatic rings. The van der Waals surface area contributed by atoms with E-state index in [1.165, 1.54) is 0 Å². The number of halogens is 1. The molecule has 80 valence electrons. The molecule has 0 radical (unpaired) electrons. The molecule has 2 aromatic rings. The first kappa shape index (κ1) is 10.3. The van der Waals surface area contributed by atoms with E-state index in [4.69, 9.17) is 22.1 Å². The molecule has 0 amide bonds. The predicted molar refractivity (Wildman–Crippen MR) is 59.4 cm³/mol. The van der Waals surface area contributed by atoms with E-state index < -0.39 is 0 Å². The maximum absolute atomic E-state index is 5.99. The summed E-state index contributed by atoms with van der Waals surface area (Å²) in [5.74, 6) is 1.48. The zero-order valence-electron chi connectivity index (χ0n) is 8.57. The zero-order chi connectivity index (χ0) is 11.0. The zero-order valence-corrected chi connectivity index (χ0v) is 9.32. The van der Waals surface area contributed by atoms with Crippen molar-refractivity contribution in [2.24, 2.45) is 5.73 Å². The van der Waals surface area contributed by atoms with E-state index in [0.717, 1.165) is 17.1 Å². The maximum Gasteiger partial charge on any atom is 0.155 e. The summed E-state index contributed by atoms with van der Waals surface area (Å²) in [5, 5.41) is 0.463. The molecule has 0 bridgehead atoms. The molecule has 0 saturated carbocycles. The van der Waals surface area contributed by atoms with E-state index in [0.29, 0.717) is 5.15 Å².